The van der Waals surface area contributed by atoms with Crippen LogP contribution in [0.4, 0.5) is 5.69 Å². The number of ether oxygens (including phenoxy) is 1. The molecule has 1 atom stereocenters. The fourth-order valence-corrected chi connectivity index (χ4v) is 5.04. The predicted molar refractivity (Wildman–Crippen MR) is 107 cm³/mol. The number of nitrogens with zero attached hydrogens (tertiary/aromatic N) is 2. The van der Waals surface area contributed by atoms with Crippen LogP contribution in [-0.4, -0.2) is 56.1 Å². The number of benzene rings is 2. The molecule has 1 aliphatic heterocycles. The van der Waals surface area contributed by atoms with Crippen LogP contribution in [0, 0.1) is 0 Å². The van der Waals surface area contributed by atoms with Gasteiger partial charge in [-0.05, 0) is 37.3 Å². The monoisotopic (exact) mass is 424 g/mol. The molecule has 7 nitrogen and oxygen atoms in total. The van der Waals surface area contributed by atoms with Crippen molar-refractivity contribution in [3.05, 3.63) is 53.6 Å². The van der Waals surface area contributed by atoms with Gasteiger partial charge in [-0.25, -0.2) is 13.2 Å². The van der Waals surface area contributed by atoms with Gasteiger partial charge in [0.15, 0.2) is 6.61 Å². The Hall–Kier alpha value is -2.29. The number of carboxylic acids is 1. The molecule has 1 fully saturated rings. The molecule has 0 aromatic heterocycles. The van der Waals surface area contributed by atoms with E-state index < -0.39 is 22.6 Å². The van der Waals surface area contributed by atoms with Crippen molar-refractivity contribution in [3.63, 3.8) is 0 Å². The number of hydrogen-bond donors (Lipinski definition) is 1. The lowest BCUT2D eigenvalue weighted by Crippen LogP contribution is -2.54. The zero-order valence-corrected chi connectivity index (χ0v) is 16.9. The van der Waals surface area contributed by atoms with Gasteiger partial charge in [0.1, 0.15) is 5.75 Å². The quantitative estimate of drug-likeness (QED) is 0.767. The molecule has 1 saturated heterocycles. The predicted octanol–water partition coefficient (Wildman–Crippen LogP) is 2.70. The van der Waals surface area contributed by atoms with E-state index in [1.807, 2.05) is 11.8 Å². The fourth-order valence-electron chi connectivity index (χ4n) is 3.24. The Morgan fingerprint density at radius 3 is 2.57 bits per heavy atom. The maximum Gasteiger partial charge on any atom is 0.341 e. The highest BCUT2D eigenvalue weighted by molar-refractivity contribution is 7.89. The first-order valence-electron chi connectivity index (χ1n) is 8.75. The van der Waals surface area contributed by atoms with E-state index in [4.69, 9.17) is 21.4 Å². The van der Waals surface area contributed by atoms with Crippen LogP contribution in [0.1, 0.15) is 6.92 Å². The molecule has 1 N–H and O–H groups in total. The van der Waals surface area contributed by atoms with Gasteiger partial charge >= 0.3 is 5.97 Å². The minimum Gasteiger partial charge on any atom is -0.480 e. The third-order valence-corrected chi connectivity index (χ3v) is 6.79. The van der Waals surface area contributed by atoms with Gasteiger partial charge in [-0.2, -0.15) is 4.31 Å². The van der Waals surface area contributed by atoms with Gasteiger partial charge < -0.3 is 14.7 Å². The van der Waals surface area contributed by atoms with Crippen molar-refractivity contribution in [1.82, 2.24) is 4.31 Å². The summed E-state index contributed by atoms with van der Waals surface area (Å²) < 4.78 is 32.7. The van der Waals surface area contributed by atoms with E-state index >= 15 is 0 Å². The first-order valence-corrected chi connectivity index (χ1v) is 10.6. The summed E-state index contributed by atoms with van der Waals surface area (Å²) in [6, 6.07) is 13.0. The van der Waals surface area contributed by atoms with Crippen molar-refractivity contribution >= 4 is 33.3 Å². The van der Waals surface area contributed by atoms with Crippen LogP contribution in [0.15, 0.2) is 53.4 Å². The van der Waals surface area contributed by atoms with E-state index in [0.29, 0.717) is 36.1 Å². The minimum atomic E-state index is -3.58. The number of rotatable bonds is 6. The van der Waals surface area contributed by atoms with Crippen LogP contribution in [0.25, 0.3) is 0 Å². The highest BCUT2D eigenvalue weighted by atomic mass is 35.5. The molecule has 0 spiro atoms. The van der Waals surface area contributed by atoms with Crippen LogP contribution in [0.5, 0.6) is 5.75 Å². The Bertz CT molecular complexity index is 952. The summed E-state index contributed by atoms with van der Waals surface area (Å²) in [7, 11) is -3.58. The fraction of sp³-hybridized carbons (Fsp3) is 0.316. The first-order chi connectivity index (χ1) is 13.3. The Labute approximate surface area is 169 Å². The van der Waals surface area contributed by atoms with Crippen molar-refractivity contribution in [2.75, 3.05) is 31.1 Å². The Kier molecular flexibility index (Phi) is 6.12. The van der Waals surface area contributed by atoms with Crippen LogP contribution in [-0.2, 0) is 14.8 Å². The molecular formula is C19H21ClN2O5S. The SMILES string of the molecule is CC1CN(c2cc(Cl)ccc2OCC(=O)O)CCN1S(=O)(=O)c1ccccc1. The Morgan fingerprint density at radius 2 is 1.93 bits per heavy atom. The minimum absolute atomic E-state index is 0.267. The summed E-state index contributed by atoms with van der Waals surface area (Å²) in [4.78, 5) is 13.1. The number of piperazine rings is 1. The van der Waals surface area contributed by atoms with Crippen molar-refractivity contribution in [1.29, 1.82) is 0 Å². The highest BCUT2D eigenvalue weighted by Crippen LogP contribution is 2.34. The summed E-state index contributed by atoms with van der Waals surface area (Å²) in [6.45, 7) is 2.53. The molecule has 1 aliphatic rings. The maximum absolute atomic E-state index is 12.9. The van der Waals surface area contributed by atoms with E-state index in [9.17, 15) is 13.2 Å². The zero-order valence-electron chi connectivity index (χ0n) is 15.3. The van der Waals surface area contributed by atoms with Gasteiger partial charge in [0, 0.05) is 30.7 Å². The van der Waals surface area contributed by atoms with E-state index in [-0.39, 0.29) is 10.9 Å². The van der Waals surface area contributed by atoms with Crippen LogP contribution in [0.3, 0.4) is 0 Å². The summed E-state index contributed by atoms with van der Waals surface area (Å²) in [5.41, 5.74) is 0.650. The van der Waals surface area contributed by atoms with E-state index in [0.717, 1.165) is 0 Å². The molecule has 1 unspecified atom stereocenters. The lowest BCUT2D eigenvalue weighted by molar-refractivity contribution is -0.139. The highest BCUT2D eigenvalue weighted by Gasteiger charge is 2.34. The third-order valence-electron chi connectivity index (χ3n) is 4.53. The summed E-state index contributed by atoms with van der Waals surface area (Å²) in [5.74, 6) is -0.675. The summed E-state index contributed by atoms with van der Waals surface area (Å²) >= 11 is 6.11. The number of anilines is 1. The molecule has 28 heavy (non-hydrogen) atoms. The number of sulfonamides is 1. The molecule has 0 amide bonds. The number of hydrogen-bond acceptors (Lipinski definition) is 5. The Morgan fingerprint density at radius 1 is 1.21 bits per heavy atom. The van der Waals surface area contributed by atoms with Gasteiger partial charge in [0.2, 0.25) is 10.0 Å². The molecule has 150 valence electrons. The second-order valence-corrected chi connectivity index (χ2v) is 8.85. The van der Waals surface area contributed by atoms with Crippen LogP contribution < -0.4 is 9.64 Å². The average Bonchev–Trinajstić information content (AvgIpc) is 2.67. The van der Waals surface area contributed by atoms with E-state index in [1.54, 1.807) is 48.5 Å². The second-order valence-electron chi connectivity index (χ2n) is 6.52. The smallest absolute Gasteiger partial charge is 0.341 e. The summed E-state index contributed by atoms with van der Waals surface area (Å²) in [6.07, 6.45) is 0. The molecule has 2 aromatic rings. The van der Waals surface area contributed by atoms with Gasteiger partial charge in [-0.15, -0.1) is 0 Å². The second kappa shape index (κ2) is 8.38. The molecular weight excluding hydrogens is 404 g/mol. The average molecular weight is 425 g/mol. The molecule has 3 rings (SSSR count). The lowest BCUT2D eigenvalue weighted by Gasteiger charge is -2.40. The van der Waals surface area contributed by atoms with Crippen molar-refractivity contribution in [2.45, 2.75) is 17.9 Å². The first kappa shape index (κ1) is 20.4. The number of halogens is 1. The van der Waals surface area contributed by atoms with Gasteiger partial charge in [0.25, 0.3) is 0 Å². The number of carboxylic acid groups (broad SMARTS) is 1. The molecule has 1 heterocycles. The topological polar surface area (TPSA) is 87.2 Å². The van der Waals surface area contributed by atoms with Crippen molar-refractivity contribution < 1.29 is 23.1 Å². The standard InChI is InChI=1S/C19H21ClN2O5S/c1-14-12-21(17-11-15(20)7-8-18(17)27-13-19(23)24)9-10-22(14)28(25,26)16-5-3-2-4-6-16/h2-8,11,14H,9-10,12-13H2,1H3,(H,23,24). The van der Waals surface area contributed by atoms with Crippen LogP contribution >= 0.6 is 11.6 Å². The van der Waals surface area contributed by atoms with Crippen molar-refractivity contribution in [3.8, 4) is 5.75 Å². The molecule has 0 bridgehead atoms. The molecule has 0 saturated carbocycles. The number of carbonyl (C=O) groups is 1. The van der Waals surface area contributed by atoms with E-state index in [1.165, 1.54) is 4.31 Å². The van der Waals surface area contributed by atoms with Crippen LogP contribution in [0.2, 0.25) is 5.02 Å². The third kappa shape index (κ3) is 4.40. The lowest BCUT2D eigenvalue weighted by atomic mass is 10.2. The van der Waals surface area contributed by atoms with Crippen molar-refractivity contribution in [2.24, 2.45) is 0 Å². The number of aliphatic carboxylic acids is 1. The molecule has 0 aliphatic carbocycles. The van der Waals surface area contributed by atoms with E-state index in [2.05, 4.69) is 0 Å². The molecule has 2 aromatic carbocycles. The Balaban J connectivity index is 1.81. The zero-order chi connectivity index (χ0) is 20.3. The molecule has 9 heteroatoms. The maximum atomic E-state index is 12.9. The normalized spacial score (nSPS) is 18.1. The van der Waals surface area contributed by atoms with Gasteiger partial charge in [-0.1, -0.05) is 29.8 Å². The van der Waals surface area contributed by atoms with Gasteiger partial charge in [-0.3, -0.25) is 0 Å². The molecule has 0 radical (unpaired) electrons. The largest absolute Gasteiger partial charge is 0.480 e. The van der Waals surface area contributed by atoms with Gasteiger partial charge in [0.05, 0.1) is 10.6 Å². The summed E-state index contributed by atoms with van der Waals surface area (Å²) in [5, 5.41) is 9.36.